The van der Waals surface area contributed by atoms with Crippen LogP contribution in [0, 0.1) is 11.7 Å². The zero-order valence-electron chi connectivity index (χ0n) is 11.0. The van der Waals surface area contributed by atoms with E-state index >= 15 is 0 Å². The quantitative estimate of drug-likeness (QED) is 0.767. The third kappa shape index (κ3) is 3.81. The third-order valence-corrected chi connectivity index (χ3v) is 3.74. The first kappa shape index (κ1) is 14.5. The Morgan fingerprint density at radius 2 is 2.10 bits per heavy atom. The maximum Gasteiger partial charge on any atom is 0.312 e. The van der Waals surface area contributed by atoms with Crippen molar-refractivity contribution >= 4 is 17.3 Å². The number of para-hydroxylation sites is 1. The molecule has 0 aliphatic carbocycles. The zero-order chi connectivity index (χ0) is 14.4. The van der Waals surface area contributed by atoms with Gasteiger partial charge in [-0.15, -0.1) is 11.3 Å². The molecule has 20 heavy (non-hydrogen) atoms. The number of hydrogen-bond acceptors (Lipinski definition) is 4. The molecule has 0 bridgehead atoms. The number of thiophene rings is 1. The molecule has 0 spiro atoms. The maximum atomic E-state index is 13.5. The van der Waals surface area contributed by atoms with Crippen molar-refractivity contribution in [3.63, 3.8) is 0 Å². The molecule has 1 aromatic heterocycles. The molecular weight excluding hydrogens is 279 g/mol. The lowest BCUT2D eigenvalue weighted by atomic mass is 10.1. The van der Waals surface area contributed by atoms with Crippen molar-refractivity contribution in [3.05, 3.63) is 52.5 Å². The molecule has 1 heterocycles. The van der Waals surface area contributed by atoms with Crippen LogP contribution in [0.15, 0.2) is 41.8 Å². The smallest absolute Gasteiger partial charge is 0.312 e. The van der Waals surface area contributed by atoms with Crippen LogP contribution < -0.4 is 4.74 Å². The molecule has 0 radical (unpaired) electrons. The zero-order valence-corrected chi connectivity index (χ0v) is 11.9. The molecule has 0 saturated carbocycles. The van der Waals surface area contributed by atoms with Gasteiger partial charge in [0, 0.05) is 4.88 Å². The van der Waals surface area contributed by atoms with E-state index in [9.17, 15) is 9.18 Å². The molecule has 1 unspecified atom stereocenters. The number of methoxy groups -OCH3 is 1. The van der Waals surface area contributed by atoms with Crippen LogP contribution in [0.1, 0.15) is 4.88 Å². The van der Waals surface area contributed by atoms with Crippen molar-refractivity contribution in [2.45, 2.75) is 6.42 Å². The summed E-state index contributed by atoms with van der Waals surface area (Å²) in [7, 11) is 1.34. The number of rotatable bonds is 6. The average molecular weight is 294 g/mol. The lowest BCUT2D eigenvalue weighted by Crippen LogP contribution is -2.25. The minimum absolute atomic E-state index is 0.0888. The van der Waals surface area contributed by atoms with Gasteiger partial charge in [0.05, 0.1) is 13.0 Å². The number of hydrogen-bond donors (Lipinski definition) is 0. The normalized spacial score (nSPS) is 11.9. The Labute approximate surface area is 121 Å². The minimum atomic E-state index is -0.446. The largest absolute Gasteiger partial charge is 0.490 e. The Bertz CT molecular complexity index is 554. The first-order valence-corrected chi connectivity index (χ1v) is 7.06. The molecule has 1 atom stereocenters. The molecule has 0 aliphatic rings. The van der Waals surface area contributed by atoms with Crippen LogP contribution in [-0.4, -0.2) is 19.7 Å². The second-order valence-electron chi connectivity index (χ2n) is 4.24. The van der Waals surface area contributed by atoms with Crippen molar-refractivity contribution in [2.24, 2.45) is 5.92 Å². The van der Waals surface area contributed by atoms with E-state index in [4.69, 9.17) is 9.47 Å². The summed E-state index contributed by atoms with van der Waals surface area (Å²) in [5.74, 6) is -1.09. The van der Waals surface area contributed by atoms with Crippen LogP contribution in [-0.2, 0) is 16.0 Å². The van der Waals surface area contributed by atoms with Gasteiger partial charge in [-0.05, 0) is 30.0 Å². The van der Waals surface area contributed by atoms with Crippen LogP contribution >= 0.6 is 11.3 Å². The summed E-state index contributed by atoms with van der Waals surface area (Å²) in [5, 5.41) is 1.95. The van der Waals surface area contributed by atoms with Gasteiger partial charge in [0.2, 0.25) is 0 Å². The Hall–Kier alpha value is -1.88. The summed E-state index contributed by atoms with van der Waals surface area (Å²) in [4.78, 5) is 12.8. The summed E-state index contributed by atoms with van der Waals surface area (Å²) in [5.41, 5.74) is 0. The molecule has 0 fully saturated rings. The van der Waals surface area contributed by atoms with Gasteiger partial charge in [0.1, 0.15) is 6.61 Å². The molecule has 0 amide bonds. The molecular formula is C15H15FO3S. The number of carbonyl (C=O) groups excluding carboxylic acids is 1. The van der Waals surface area contributed by atoms with E-state index in [0.717, 1.165) is 4.88 Å². The monoisotopic (exact) mass is 294 g/mol. The molecule has 2 rings (SSSR count). The molecule has 106 valence electrons. The molecule has 0 N–H and O–H groups in total. The fraction of sp³-hybridized carbons (Fsp3) is 0.267. The predicted octanol–water partition coefficient (Wildman–Crippen LogP) is 3.30. The molecule has 2 aromatic rings. The van der Waals surface area contributed by atoms with E-state index in [2.05, 4.69) is 0 Å². The van der Waals surface area contributed by atoms with Crippen molar-refractivity contribution in [3.8, 4) is 5.75 Å². The SMILES string of the molecule is COC(=O)C(COc1ccccc1F)Cc1cccs1. The number of ether oxygens (including phenoxy) is 2. The van der Waals surface area contributed by atoms with Crippen molar-refractivity contribution in [1.29, 1.82) is 0 Å². The molecule has 1 aromatic carbocycles. The summed E-state index contributed by atoms with van der Waals surface area (Å²) in [6.07, 6.45) is 0.527. The maximum absolute atomic E-state index is 13.5. The minimum Gasteiger partial charge on any atom is -0.490 e. The Kier molecular flexibility index (Phi) is 5.12. The number of esters is 1. The molecule has 5 heteroatoms. The number of carbonyl (C=O) groups is 1. The van der Waals surface area contributed by atoms with Crippen LogP contribution in [0.5, 0.6) is 5.75 Å². The highest BCUT2D eigenvalue weighted by molar-refractivity contribution is 7.09. The fourth-order valence-electron chi connectivity index (χ4n) is 1.80. The topological polar surface area (TPSA) is 35.5 Å². The van der Waals surface area contributed by atoms with Crippen LogP contribution in [0.3, 0.4) is 0 Å². The molecule has 0 saturated heterocycles. The van der Waals surface area contributed by atoms with E-state index < -0.39 is 11.7 Å². The van der Waals surface area contributed by atoms with Gasteiger partial charge >= 0.3 is 5.97 Å². The van der Waals surface area contributed by atoms with Gasteiger partial charge in [-0.1, -0.05) is 18.2 Å². The Morgan fingerprint density at radius 1 is 1.30 bits per heavy atom. The van der Waals surface area contributed by atoms with Crippen molar-refractivity contribution in [1.82, 2.24) is 0 Å². The number of halogens is 1. The highest BCUT2D eigenvalue weighted by Crippen LogP contribution is 2.20. The van der Waals surface area contributed by atoms with Gasteiger partial charge in [0.25, 0.3) is 0 Å². The first-order valence-electron chi connectivity index (χ1n) is 6.18. The highest BCUT2D eigenvalue weighted by atomic mass is 32.1. The van der Waals surface area contributed by atoms with Gasteiger partial charge in [-0.2, -0.15) is 0 Å². The number of benzene rings is 1. The van der Waals surface area contributed by atoms with Gasteiger partial charge < -0.3 is 9.47 Å². The van der Waals surface area contributed by atoms with Crippen molar-refractivity contribution < 1.29 is 18.7 Å². The second kappa shape index (κ2) is 7.05. The summed E-state index contributed by atoms with van der Waals surface area (Å²) < 4.78 is 23.6. The lowest BCUT2D eigenvalue weighted by molar-refractivity contribution is -0.146. The van der Waals surface area contributed by atoms with E-state index in [-0.39, 0.29) is 18.3 Å². The van der Waals surface area contributed by atoms with E-state index in [1.165, 1.54) is 19.2 Å². The highest BCUT2D eigenvalue weighted by Gasteiger charge is 2.21. The van der Waals surface area contributed by atoms with E-state index in [1.54, 1.807) is 23.5 Å². The standard InChI is InChI=1S/C15H15FO3S/c1-18-15(17)11(9-12-5-4-8-20-12)10-19-14-7-3-2-6-13(14)16/h2-8,11H,9-10H2,1H3. The Morgan fingerprint density at radius 3 is 2.75 bits per heavy atom. The molecule has 3 nitrogen and oxygen atoms in total. The summed E-state index contributed by atoms with van der Waals surface area (Å²) in [6, 6.07) is 10.0. The van der Waals surface area contributed by atoms with E-state index in [0.29, 0.717) is 6.42 Å². The lowest BCUT2D eigenvalue weighted by Gasteiger charge is -2.15. The molecule has 0 aliphatic heterocycles. The first-order chi connectivity index (χ1) is 9.70. The predicted molar refractivity (Wildman–Crippen MR) is 75.4 cm³/mol. The van der Waals surface area contributed by atoms with Gasteiger partial charge in [0.15, 0.2) is 11.6 Å². The third-order valence-electron chi connectivity index (χ3n) is 2.84. The van der Waals surface area contributed by atoms with Crippen LogP contribution in [0.2, 0.25) is 0 Å². The van der Waals surface area contributed by atoms with Crippen LogP contribution in [0.4, 0.5) is 4.39 Å². The Balaban J connectivity index is 2.01. The van der Waals surface area contributed by atoms with Gasteiger partial charge in [-0.25, -0.2) is 4.39 Å². The van der Waals surface area contributed by atoms with Crippen molar-refractivity contribution in [2.75, 3.05) is 13.7 Å². The average Bonchev–Trinajstić information content (AvgIpc) is 2.97. The summed E-state index contributed by atoms with van der Waals surface area (Å²) >= 11 is 1.57. The van der Waals surface area contributed by atoms with Crippen LogP contribution in [0.25, 0.3) is 0 Å². The summed E-state index contributed by atoms with van der Waals surface area (Å²) in [6.45, 7) is 0.0888. The second-order valence-corrected chi connectivity index (χ2v) is 5.28. The van der Waals surface area contributed by atoms with Gasteiger partial charge in [-0.3, -0.25) is 4.79 Å². The van der Waals surface area contributed by atoms with E-state index in [1.807, 2.05) is 17.5 Å². The fourth-order valence-corrected chi connectivity index (χ4v) is 2.59.